The van der Waals surface area contributed by atoms with Crippen molar-refractivity contribution in [3.8, 4) is 0 Å². The molecule has 1 aliphatic carbocycles. The summed E-state index contributed by atoms with van der Waals surface area (Å²) in [5.41, 5.74) is 5.81. The van der Waals surface area contributed by atoms with Gasteiger partial charge in [-0.05, 0) is 75.6 Å². The molecule has 142 valence electrons. The van der Waals surface area contributed by atoms with E-state index in [2.05, 4.69) is 77.8 Å². The lowest BCUT2D eigenvalue weighted by Crippen LogP contribution is -2.02. The third kappa shape index (κ3) is 3.61. The summed E-state index contributed by atoms with van der Waals surface area (Å²) in [6.07, 6.45) is 12.0. The lowest BCUT2D eigenvalue weighted by molar-refractivity contribution is 0.690. The Labute approximate surface area is 172 Å². The highest BCUT2D eigenvalue weighted by Crippen LogP contribution is 2.33. The minimum atomic E-state index is 0.948. The Morgan fingerprint density at radius 2 is 1.45 bits per heavy atom. The predicted octanol–water partition coefficient (Wildman–Crippen LogP) is 7.16. The van der Waals surface area contributed by atoms with Crippen LogP contribution in [0, 0.1) is 0 Å². The van der Waals surface area contributed by atoms with Gasteiger partial charge in [0.1, 0.15) is 0 Å². The van der Waals surface area contributed by atoms with Gasteiger partial charge in [-0.1, -0.05) is 72.8 Å². The summed E-state index contributed by atoms with van der Waals surface area (Å²) in [6, 6.07) is 26.3. The smallest absolute Gasteiger partial charge is 0.0270 e. The lowest BCUT2D eigenvalue weighted by atomic mass is 9.86. The van der Waals surface area contributed by atoms with E-state index in [1.807, 2.05) is 18.5 Å². The fraction of sp³-hybridized carbons (Fsp3) is 0.179. The SMILES string of the molecule is C1=Cc2ccccc2CC=N1.c1ccc2c(c1)ccc1c3c(ccc12)CCCC3. The average molecular weight is 376 g/mol. The van der Waals surface area contributed by atoms with Gasteiger partial charge in [-0.2, -0.15) is 0 Å². The van der Waals surface area contributed by atoms with Crippen molar-refractivity contribution in [1.82, 2.24) is 0 Å². The van der Waals surface area contributed by atoms with E-state index in [1.54, 1.807) is 11.1 Å². The van der Waals surface area contributed by atoms with E-state index in [9.17, 15) is 0 Å². The third-order valence-electron chi connectivity index (χ3n) is 6.07. The maximum Gasteiger partial charge on any atom is 0.0270 e. The van der Waals surface area contributed by atoms with Crippen LogP contribution in [-0.2, 0) is 19.3 Å². The monoisotopic (exact) mass is 375 g/mol. The minimum absolute atomic E-state index is 0.948. The summed E-state index contributed by atoms with van der Waals surface area (Å²) in [5, 5.41) is 5.64. The number of aryl methyl sites for hydroxylation is 2. The molecule has 4 aromatic rings. The molecular weight excluding hydrogens is 350 g/mol. The Morgan fingerprint density at radius 1 is 0.621 bits per heavy atom. The Kier molecular flexibility index (Phi) is 4.96. The molecule has 1 heterocycles. The highest BCUT2D eigenvalue weighted by Gasteiger charge is 2.13. The second-order valence-corrected chi connectivity index (χ2v) is 7.84. The topological polar surface area (TPSA) is 12.4 Å². The van der Waals surface area contributed by atoms with Gasteiger partial charge in [-0.3, -0.25) is 4.99 Å². The molecule has 0 saturated heterocycles. The van der Waals surface area contributed by atoms with Crippen molar-refractivity contribution in [2.75, 3.05) is 0 Å². The molecule has 29 heavy (non-hydrogen) atoms. The van der Waals surface area contributed by atoms with Gasteiger partial charge in [0, 0.05) is 18.8 Å². The molecule has 2 aliphatic rings. The summed E-state index contributed by atoms with van der Waals surface area (Å²) >= 11 is 0. The fourth-order valence-electron chi connectivity index (χ4n) is 4.56. The highest BCUT2D eigenvalue weighted by atomic mass is 14.7. The first-order valence-electron chi connectivity index (χ1n) is 10.6. The number of hydrogen-bond donors (Lipinski definition) is 0. The second-order valence-electron chi connectivity index (χ2n) is 7.84. The van der Waals surface area contributed by atoms with Crippen LogP contribution in [0.2, 0.25) is 0 Å². The molecule has 0 unspecified atom stereocenters. The quantitative estimate of drug-likeness (QED) is 0.289. The Bertz CT molecular complexity index is 1230. The molecule has 0 atom stereocenters. The number of fused-ring (bicyclic) bond motifs is 6. The molecule has 1 nitrogen and oxygen atoms in total. The molecular formula is C28H25N. The van der Waals surface area contributed by atoms with E-state index in [0.29, 0.717) is 0 Å². The minimum Gasteiger partial charge on any atom is -0.269 e. The molecule has 0 saturated carbocycles. The van der Waals surface area contributed by atoms with Crippen LogP contribution in [-0.4, -0.2) is 6.21 Å². The lowest BCUT2D eigenvalue weighted by Gasteiger charge is -2.18. The zero-order chi connectivity index (χ0) is 19.5. The highest BCUT2D eigenvalue weighted by molar-refractivity contribution is 6.08. The van der Waals surface area contributed by atoms with Gasteiger partial charge in [0.05, 0.1) is 0 Å². The number of aliphatic imine (C=N–C) groups is 1. The summed E-state index contributed by atoms with van der Waals surface area (Å²) in [6.45, 7) is 0. The maximum absolute atomic E-state index is 4.08. The van der Waals surface area contributed by atoms with Gasteiger partial charge in [0.25, 0.3) is 0 Å². The Hall–Kier alpha value is -3.19. The molecule has 0 aromatic heterocycles. The van der Waals surface area contributed by atoms with Crippen molar-refractivity contribution in [1.29, 1.82) is 0 Å². The van der Waals surface area contributed by atoms with E-state index in [1.165, 1.54) is 58.4 Å². The van der Waals surface area contributed by atoms with E-state index >= 15 is 0 Å². The maximum atomic E-state index is 4.08. The van der Waals surface area contributed by atoms with Crippen molar-refractivity contribution in [3.63, 3.8) is 0 Å². The van der Waals surface area contributed by atoms with Crippen LogP contribution in [0.1, 0.15) is 35.1 Å². The molecule has 6 rings (SSSR count). The van der Waals surface area contributed by atoms with E-state index < -0.39 is 0 Å². The van der Waals surface area contributed by atoms with Crippen LogP contribution in [0.3, 0.4) is 0 Å². The van der Waals surface area contributed by atoms with Gasteiger partial charge in [0.2, 0.25) is 0 Å². The zero-order valence-corrected chi connectivity index (χ0v) is 16.6. The van der Waals surface area contributed by atoms with Crippen molar-refractivity contribution in [3.05, 3.63) is 101 Å². The largest absolute Gasteiger partial charge is 0.269 e. The van der Waals surface area contributed by atoms with Crippen molar-refractivity contribution in [2.24, 2.45) is 4.99 Å². The normalized spacial score (nSPS) is 14.6. The number of benzene rings is 4. The van der Waals surface area contributed by atoms with E-state index in [0.717, 1.165) is 6.42 Å². The molecule has 0 spiro atoms. The first-order valence-corrected chi connectivity index (χ1v) is 10.6. The zero-order valence-electron chi connectivity index (χ0n) is 16.6. The van der Waals surface area contributed by atoms with Gasteiger partial charge in [0.15, 0.2) is 0 Å². The molecule has 0 amide bonds. The summed E-state index contributed by atoms with van der Waals surface area (Å²) in [7, 11) is 0. The number of rotatable bonds is 0. The van der Waals surface area contributed by atoms with E-state index in [-0.39, 0.29) is 0 Å². The number of hydrogen-bond acceptors (Lipinski definition) is 1. The third-order valence-corrected chi connectivity index (χ3v) is 6.07. The van der Waals surface area contributed by atoms with Crippen LogP contribution in [0.15, 0.2) is 84.0 Å². The molecule has 0 radical (unpaired) electrons. The fourth-order valence-corrected chi connectivity index (χ4v) is 4.56. The molecule has 1 heteroatoms. The van der Waals surface area contributed by atoms with Crippen molar-refractivity contribution in [2.45, 2.75) is 32.1 Å². The first kappa shape index (κ1) is 17.9. The second kappa shape index (κ2) is 8.05. The molecule has 4 aromatic carbocycles. The van der Waals surface area contributed by atoms with Crippen LogP contribution in [0.25, 0.3) is 27.6 Å². The Balaban J connectivity index is 0.000000142. The van der Waals surface area contributed by atoms with E-state index in [4.69, 9.17) is 0 Å². The average Bonchev–Trinajstić information content (AvgIpc) is 3.05. The molecule has 0 bridgehead atoms. The van der Waals surface area contributed by atoms with Crippen LogP contribution >= 0.6 is 0 Å². The van der Waals surface area contributed by atoms with Gasteiger partial charge in [-0.15, -0.1) is 0 Å². The van der Waals surface area contributed by atoms with Crippen LogP contribution < -0.4 is 0 Å². The van der Waals surface area contributed by atoms with Gasteiger partial charge >= 0.3 is 0 Å². The standard InChI is InChI=1S/C18H16.C10H9N/c1-3-7-15-13(5-1)9-11-18-16-8-4-2-6-14(16)10-12-17(15)18;1-2-4-10-6-8-11-7-5-9(10)3-1/h1,3,5,7,9-12H,2,4,6,8H2;1-5,7-8H,6H2. The van der Waals surface area contributed by atoms with Crippen LogP contribution in [0.5, 0.6) is 0 Å². The van der Waals surface area contributed by atoms with Crippen LogP contribution in [0.4, 0.5) is 0 Å². The van der Waals surface area contributed by atoms with Crippen molar-refractivity contribution < 1.29 is 0 Å². The van der Waals surface area contributed by atoms with Gasteiger partial charge in [-0.25, -0.2) is 0 Å². The molecule has 0 fully saturated rings. The summed E-state index contributed by atoms with van der Waals surface area (Å²) in [5.74, 6) is 0. The summed E-state index contributed by atoms with van der Waals surface area (Å²) in [4.78, 5) is 4.08. The number of nitrogens with zero attached hydrogens (tertiary/aromatic N) is 1. The summed E-state index contributed by atoms with van der Waals surface area (Å²) < 4.78 is 0. The Morgan fingerprint density at radius 3 is 2.45 bits per heavy atom. The first-order chi connectivity index (χ1) is 14.4. The predicted molar refractivity (Wildman–Crippen MR) is 126 cm³/mol. The van der Waals surface area contributed by atoms with Crippen molar-refractivity contribution >= 4 is 33.8 Å². The molecule has 0 N–H and O–H groups in total. The van der Waals surface area contributed by atoms with Gasteiger partial charge < -0.3 is 0 Å². The molecule has 1 aliphatic heterocycles.